The summed E-state index contributed by atoms with van der Waals surface area (Å²) in [7, 11) is 0. The standard InChI is InChI=1S/C9H7ClN2O2/c10-5-8-11-12-9(14-8)6-1-3-7(13)4-2-6/h1-4,13H,5H2. The van der Waals surface area contributed by atoms with Crippen LogP contribution in [0.15, 0.2) is 28.7 Å². The molecule has 0 bridgehead atoms. The number of phenols is 1. The molecule has 1 aromatic heterocycles. The smallest absolute Gasteiger partial charge is 0.247 e. The first kappa shape index (κ1) is 9.02. The number of alkyl halides is 1. The second-order valence-corrected chi connectivity index (χ2v) is 2.95. The lowest BCUT2D eigenvalue weighted by atomic mass is 10.2. The van der Waals surface area contributed by atoms with Crippen LogP contribution in [0.25, 0.3) is 11.5 Å². The number of benzene rings is 1. The number of halogens is 1. The molecule has 0 radical (unpaired) electrons. The minimum absolute atomic E-state index is 0.199. The van der Waals surface area contributed by atoms with Gasteiger partial charge in [-0.1, -0.05) is 0 Å². The van der Waals surface area contributed by atoms with Crippen LogP contribution < -0.4 is 0 Å². The highest BCUT2D eigenvalue weighted by Crippen LogP contribution is 2.20. The first-order valence-corrected chi connectivity index (χ1v) is 4.51. The monoisotopic (exact) mass is 210 g/mol. The van der Waals surface area contributed by atoms with Crippen molar-refractivity contribution in [1.29, 1.82) is 0 Å². The molecule has 0 fully saturated rings. The average molecular weight is 211 g/mol. The summed E-state index contributed by atoms with van der Waals surface area (Å²) < 4.78 is 5.22. The number of hydrogen-bond donors (Lipinski definition) is 1. The molecule has 0 amide bonds. The minimum atomic E-state index is 0.199. The van der Waals surface area contributed by atoms with Gasteiger partial charge >= 0.3 is 0 Å². The van der Waals surface area contributed by atoms with Gasteiger partial charge in [-0.25, -0.2) is 0 Å². The van der Waals surface area contributed by atoms with Gasteiger partial charge in [0.05, 0.1) is 0 Å². The second kappa shape index (κ2) is 3.67. The zero-order valence-corrected chi connectivity index (χ0v) is 7.90. The Bertz CT molecular complexity index is 425. The predicted molar refractivity (Wildman–Crippen MR) is 51.0 cm³/mol. The molecule has 0 saturated heterocycles. The molecule has 0 unspecified atom stereocenters. The van der Waals surface area contributed by atoms with Crippen molar-refractivity contribution in [3.05, 3.63) is 30.2 Å². The van der Waals surface area contributed by atoms with E-state index in [2.05, 4.69) is 10.2 Å². The zero-order chi connectivity index (χ0) is 9.97. The van der Waals surface area contributed by atoms with Crippen molar-refractivity contribution in [2.45, 2.75) is 5.88 Å². The van der Waals surface area contributed by atoms with Crippen LogP contribution in [0.3, 0.4) is 0 Å². The van der Waals surface area contributed by atoms with Gasteiger partial charge in [0.1, 0.15) is 11.6 Å². The Hall–Kier alpha value is -1.55. The molecule has 72 valence electrons. The molecule has 0 aliphatic rings. The summed E-state index contributed by atoms with van der Waals surface area (Å²) in [4.78, 5) is 0. The summed E-state index contributed by atoms with van der Waals surface area (Å²) in [5.41, 5.74) is 0.756. The Morgan fingerprint density at radius 1 is 1.21 bits per heavy atom. The van der Waals surface area contributed by atoms with Crippen LogP contribution in [-0.4, -0.2) is 15.3 Å². The normalized spacial score (nSPS) is 10.4. The number of aromatic hydroxyl groups is 1. The van der Waals surface area contributed by atoms with Crippen molar-refractivity contribution in [2.75, 3.05) is 0 Å². The van der Waals surface area contributed by atoms with E-state index in [1.165, 1.54) is 0 Å². The number of aromatic nitrogens is 2. The van der Waals surface area contributed by atoms with E-state index in [-0.39, 0.29) is 11.6 Å². The maximum absolute atomic E-state index is 9.07. The Morgan fingerprint density at radius 3 is 2.50 bits per heavy atom. The van der Waals surface area contributed by atoms with Gasteiger partial charge in [0.15, 0.2) is 0 Å². The van der Waals surface area contributed by atoms with Gasteiger partial charge in [0.2, 0.25) is 11.8 Å². The Labute approximate surface area is 85.2 Å². The molecule has 1 heterocycles. The summed E-state index contributed by atoms with van der Waals surface area (Å²) in [6.45, 7) is 0. The van der Waals surface area contributed by atoms with Crippen LogP contribution >= 0.6 is 11.6 Å². The summed E-state index contributed by atoms with van der Waals surface area (Å²) in [5, 5.41) is 16.6. The number of hydrogen-bond acceptors (Lipinski definition) is 4. The molecule has 0 aliphatic carbocycles. The largest absolute Gasteiger partial charge is 0.508 e. The minimum Gasteiger partial charge on any atom is -0.508 e. The highest BCUT2D eigenvalue weighted by atomic mass is 35.5. The quantitative estimate of drug-likeness (QED) is 0.772. The number of phenolic OH excluding ortho intramolecular Hbond substituents is 1. The fourth-order valence-corrected chi connectivity index (χ4v) is 1.14. The fourth-order valence-electron chi connectivity index (χ4n) is 1.03. The Balaban J connectivity index is 2.34. The van der Waals surface area contributed by atoms with Crippen LogP contribution in [0.1, 0.15) is 5.89 Å². The van der Waals surface area contributed by atoms with E-state index in [9.17, 15) is 0 Å². The van der Waals surface area contributed by atoms with Gasteiger partial charge in [-0.15, -0.1) is 21.8 Å². The van der Waals surface area contributed by atoms with Gasteiger partial charge in [-0.05, 0) is 24.3 Å². The third-order valence-electron chi connectivity index (χ3n) is 1.70. The number of nitrogens with zero attached hydrogens (tertiary/aromatic N) is 2. The molecule has 0 saturated carbocycles. The van der Waals surface area contributed by atoms with E-state index < -0.39 is 0 Å². The summed E-state index contributed by atoms with van der Waals surface area (Å²) >= 11 is 5.52. The summed E-state index contributed by atoms with van der Waals surface area (Å²) in [6, 6.07) is 6.50. The van der Waals surface area contributed by atoms with Gasteiger partial charge < -0.3 is 9.52 Å². The van der Waals surface area contributed by atoms with Crippen LogP contribution in [0.4, 0.5) is 0 Å². The van der Waals surface area contributed by atoms with Crippen molar-refractivity contribution >= 4 is 11.6 Å². The van der Waals surface area contributed by atoms with E-state index in [0.717, 1.165) is 5.56 Å². The number of rotatable bonds is 2. The summed E-state index contributed by atoms with van der Waals surface area (Å²) in [6.07, 6.45) is 0. The fraction of sp³-hybridized carbons (Fsp3) is 0.111. The lowest BCUT2D eigenvalue weighted by Gasteiger charge is -1.93. The first-order valence-electron chi connectivity index (χ1n) is 3.97. The lowest BCUT2D eigenvalue weighted by Crippen LogP contribution is -1.76. The Kier molecular flexibility index (Phi) is 2.37. The third kappa shape index (κ3) is 1.70. The van der Waals surface area contributed by atoms with Crippen LogP contribution in [0.2, 0.25) is 0 Å². The molecular formula is C9H7ClN2O2. The molecular weight excluding hydrogens is 204 g/mol. The molecule has 5 heteroatoms. The van der Waals surface area contributed by atoms with Gasteiger partial charge in [-0.2, -0.15) is 0 Å². The molecule has 1 aromatic carbocycles. The highest BCUT2D eigenvalue weighted by Gasteiger charge is 2.06. The maximum atomic E-state index is 9.07. The van der Waals surface area contributed by atoms with Crippen molar-refractivity contribution in [2.24, 2.45) is 0 Å². The Morgan fingerprint density at radius 2 is 1.93 bits per heavy atom. The SMILES string of the molecule is Oc1ccc(-c2nnc(CCl)o2)cc1. The molecule has 14 heavy (non-hydrogen) atoms. The third-order valence-corrected chi connectivity index (χ3v) is 1.92. The van der Waals surface area contributed by atoms with Crippen molar-refractivity contribution in [3.8, 4) is 17.2 Å². The van der Waals surface area contributed by atoms with E-state index >= 15 is 0 Å². The topological polar surface area (TPSA) is 59.2 Å². The molecule has 1 N–H and O–H groups in total. The molecule has 0 spiro atoms. The molecule has 4 nitrogen and oxygen atoms in total. The van der Waals surface area contributed by atoms with E-state index in [1.54, 1.807) is 24.3 Å². The first-order chi connectivity index (χ1) is 6.79. The highest BCUT2D eigenvalue weighted by molar-refractivity contribution is 6.16. The molecule has 2 rings (SSSR count). The molecule has 0 aliphatic heterocycles. The summed E-state index contributed by atoms with van der Waals surface area (Å²) in [5.74, 6) is 1.19. The average Bonchev–Trinajstić information content (AvgIpc) is 2.67. The predicted octanol–water partition coefficient (Wildman–Crippen LogP) is 2.18. The van der Waals surface area contributed by atoms with Gasteiger partial charge in [0, 0.05) is 5.56 Å². The maximum Gasteiger partial charge on any atom is 0.247 e. The van der Waals surface area contributed by atoms with E-state index in [4.69, 9.17) is 21.1 Å². The van der Waals surface area contributed by atoms with E-state index in [1.807, 2.05) is 0 Å². The van der Waals surface area contributed by atoms with Crippen LogP contribution in [-0.2, 0) is 5.88 Å². The van der Waals surface area contributed by atoms with Crippen LogP contribution in [0, 0.1) is 0 Å². The molecule has 0 atom stereocenters. The van der Waals surface area contributed by atoms with E-state index in [0.29, 0.717) is 11.8 Å². The van der Waals surface area contributed by atoms with Crippen molar-refractivity contribution < 1.29 is 9.52 Å². The van der Waals surface area contributed by atoms with Gasteiger partial charge in [-0.3, -0.25) is 0 Å². The van der Waals surface area contributed by atoms with Crippen molar-refractivity contribution in [3.63, 3.8) is 0 Å². The van der Waals surface area contributed by atoms with Crippen molar-refractivity contribution in [1.82, 2.24) is 10.2 Å². The van der Waals surface area contributed by atoms with Gasteiger partial charge in [0.25, 0.3) is 0 Å². The zero-order valence-electron chi connectivity index (χ0n) is 7.14. The molecule has 2 aromatic rings. The lowest BCUT2D eigenvalue weighted by molar-refractivity contribution is 0.475. The van der Waals surface area contributed by atoms with Crippen LogP contribution in [0.5, 0.6) is 5.75 Å². The second-order valence-electron chi connectivity index (χ2n) is 2.68.